The third-order valence-electron chi connectivity index (χ3n) is 2.49. The molecular weight excluding hydrogens is 236 g/mol. The molecule has 1 aromatic carbocycles. The van der Waals surface area contributed by atoms with E-state index in [0.717, 1.165) is 18.8 Å². The minimum absolute atomic E-state index is 0.353. The van der Waals surface area contributed by atoms with Crippen LogP contribution in [0.4, 0.5) is 5.69 Å². The van der Waals surface area contributed by atoms with Gasteiger partial charge < -0.3 is 10.6 Å². The topological polar surface area (TPSA) is 58.2 Å². The summed E-state index contributed by atoms with van der Waals surface area (Å²) in [5.41, 5.74) is 0.945. The van der Waals surface area contributed by atoms with Crippen LogP contribution in [-0.2, 0) is 9.84 Å². The summed E-state index contributed by atoms with van der Waals surface area (Å²) in [6, 6.07) is 6.84. The molecule has 0 aromatic heterocycles. The van der Waals surface area contributed by atoms with Gasteiger partial charge in [-0.15, -0.1) is 0 Å². The van der Waals surface area contributed by atoms with Crippen molar-refractivity contribution in [2.45, 2.75) is 11.8 Å². The fraction of sp³-hybridized carbons (Fsp3) is 0.500. The van der Waals surface area contributed by atoms with Crippen LogP contribution >= 0.6 is 0 Å². The Balaban J connectivity index is 2.57. The molecule has 1 unspecified atom stereocenters. The van der Waals surface area contributed by atoms with Crippen molar-refractivity contribution in [1.29, 1.82) is 0 Å². The predicted octanol–water partition coefficient (Wildman–Crippen LogP) is 1.36. The van der Waals surface area contributed by atoms with Crippen molar-refractivity contribution in [3.63, 3.8) is 0 Å². The summed E-state index contributed by atoms with van der Waals surface area (Å²) in [5.74, 6) is 0.523. The third-order valence-corrected chi connectivity index (χ3v) is 3.62. The normalized spacial score (nSPS) is 13.4. The minimum Gasteiger partial charge on any atom is -0.385 e. The van der Waals surface area contributed by atoms with E-state index < -0.39 is 9.84 Å². The lowest BCUT2D eigenvalue weighted by Crippen LogP contribution is -2.22. The number of anilines is 1. The Kier molecular flexibility index (Phi) is 4.96. The molecule has 17 heavy (non-hydrogen) atoms. The van der Waals surface area contributed by atoms with E-state index in [2.05, 4.69) is 17.6 Å². The largest absolute Gasteiger partial charge is 0.385 e. The van der Waals surface area contributed by atoms with E-state index in [1.54, 1.807) is 24.3 Å². The molecule has 0 aliphatic rings. The average molecular weight is 256 g/mol. The van der Waals surface area contributed by atoms with Crippen molar-refractivity contribution in [2.24, 2.45) is 5.92 Å². The zero-order valence-electron chi connectivity index (χ0n) is 10.5. The molecule has 0 amide bonds. The molecule has 0 saturated carbocycles. The van der Waals surface area contributed by atoms with Gasteiger partial charge in [0.2, 0.25) is 0 Å². The van der Waals surface area contributed by atoms with Crippen molar-refractivity contribution in [3.8, 4) is 0 Å². The van der Waals surface area contributed by atoms with Crippen LogP contribution in [-0.4, -0.2) is 34.8 Å². The third kappa shape index (κ3) is 4.75. The Labute approximate surface area is 103 Å². The second-order valence-electron chi connectivity index (χ2n) is 4.34. The summed E-state index contributed by atoms with van der Waals surface area (Å²) in [7, 11) is -1.17. The molecule has 1 rings (SSSR count). The van der Waals surface area contributed by atoms with Gasteiger partial charge in [0.05, 0.1) is 4.90 Å². The van der Waals surface area contributed by atoms with Crippen LogP contribution in [0.15, 0.2) is 29.2 Å². The van der Waals surface area contributed by atoms with Crippen LogP contribution in [0.25, 0.3) is 0 Å². The van der Waals surface area contributed by atoms with Crippen LogP contribution in [0, 0.1) is 5.92 Å². The number of hydrogen-bond acceptors (Lipinski definition) is 4. The van der Waals surface area contributed by atoms with E-state index in [0.29, 0.717) is 10.8 Å². The first-order chi connectivity index (χ1) is 7.93. The maximum atomic E-state index is 11.3. The summed E-state index contributed by atoms with van der Waals surface area (Å²) in [4.78, 5) is 0.353. The first-order valence-corrected chi connectivity index (χ1v) is 7.51. The molecule has 0 saturated heterocycles. The summed E-state index contributed by atoms with van der Waals surface area (Å²) in [5, 5.41) is 6.39. The van der Waals surface area contributed by atoms with E-state index in [1.807, 2.05) is 7.05 Å². The predicted molar refractivity (Wildman–Crippen MR) is 71.1 cm³/mol. The van der Waals surface area contributed by atoms with E-state index in [4.69, 9.17) is 0 Å². The summed E-state index contributed by atoms with van der Waals surface area (Å²) < 4.78 is 22.5. The maximum absolute atomic E-state index is 11.3. The van der Waals surface area contributed by atoms with Gasteiger partial charge in [-0.3, -0.25) is 0 Å². The Hall–Kier alpha value is -1.07. The van der Waals surface area contributed by atoms with Gasteiger partial charge in [0.1, 0.15) is 0 Å². The Morgan fingerprint density at radius 3 is 2.24 bits per heavy atom. The van der Waals surface area contributed by atoms with Crippen molar-refractivity contribution in [1.82, 2.24) is 5.32 Å². The van der Waals surface area contributed by atoms with Gasteiger partial charge in [0, 0.05) is 18.5 Å². The molecule has 0 heterocycles. The van der Waals surface area contributed by atoms with E-state index >= 15 is 0 Å². The van der Waals surface area contributed by atoms with E-state index in [1.165, 1.54) is 6.26 Å². The van der Waals surface area contributed by atoms with E-state index in [9.17, 15) is 8.42 Å². The number of nitrogens with one attached hydrogen (secondary N) is 2. The number of hydrogen-bond donors (Lipinski definition) is 2. The van der Waals surface area contributed by atoms with Gasteiger partial charge in [0.15, 0.2) is 9.84 Å². The lowest BCUT2D eigenvalue weighted by Gasteiger charge is -2.13. The van der Waals surface area contributed by atoms with Crippen molar-refractivity contribution in [3.05, 3.63) is 24.3 Å². The highest BCUT2D eigenvalue weighted by atomic mass is 32.2. The lowest BCUT2D eigenvalue weighted by molar-refractivity contribution is 0.569. The van der Waals surface area contributed by atoms with E-state index in [-0.39, 0.29) is 0 Å². The highest BCUT2D eigenvalue weighted by Crippen LogP contribution is 2.14. The molecule has 0 spiro atoms. The Morgan fingerprint density at radius 1 is 1.18 bits per heavy atom. The molecule has 4 nitrogen and oxygen atoms in total. The smallest absolute Gasteiger partial charge is 0.175 e. The monoisotopic (exact) mass is 256 g/mol. The molecule has 0 aliphatic heterocycles. The van der Waals surface area contributed by atoms with Crippen molar-refractivity contribution >= 4 is 15.5 Å². The zero-order chi connectivity index (χ0) is 12.9. The molecule has 1 aromatic rings. The fourth-order valence-corrected chi connectivity index (χ4v) is 2.16. The van der Waals surface area contributed by atoms with Crippen molar-refractivity contribution in [2.75, 3.05) is 31.7 Å². The first kappa shape index (κ1) is 14.0. The van der Waals surface area contributed by atoms with Crippen LogP contribution in [0.3, 0.4) is 0 Å². The zero-order valence-corrected chi connectivity index (χ0v) is 11.3. The second kappa shape index (κ2) is 6.02. The molecule has 0 aliphatic carbocycles. The SMILES string of the molecule is CNCC(C)CNc1ccc(S(C)(=O)=O)cc1. The van der Waals surface area contributed by atoms with Gasteiger partial charge in [0.25, 0.3) is 0 Å². The van der Waals surface area contributed by atoms with Crippen LogP contribution < -0.4 is 10.6 Å². The van der Waals surface area contributed by atoms with Gasteiger partial charge in [-0.05, 0) is 43.8 Å². The Morgan fingerprint density at radius 2 is 1.76 bits per heavy atom. The standard InChI is InChI=1S/C12H20N2O2S/c1-10(8-13-2)9-14-11-4-6-12(7-5-11)17(3,15)16/h4-7,10,13-14H,8-9H2,1-3H3. The second-order valence-corrected chi connectivity index (χ2v) is 6.36. The van der Waals surface area contributed by atoms with Crippen LogP contribution in [0.5, 0.6) is 0 Å². The highest BCUT2D eigenvalue weighted by molar-refractivity contribution is 7.90. The summed E-state index contributed by atoms with van der Waals surface area (Å²) in [6.45, 7) is 3.96. The fourth-order valence-electron chi connectivity index (χ4n) is 1.53. The molecule has 1 atom stereocenters. The summed E-state index contributed by atoms with van der Waals surface area (Å²) in [6.07, 6.45) is 1.21. The molecule has 0 radical (unpaired) electrons. The molecule has 0 fully saturated rings. The lowest BCUT2D eigenvalue weighted by atomic mass is 10.2. The molecule has 96 valence electrons. The first-order valence-electron chi connectivity index (χ1n) is 5.62. The molecule has 2 N–H and O–H groups in total. The van der Waals surface area contributed by atoms with Gasteiger partial charge >= 0.3 is 0 Å². The maximum Gasteiger partial charge on any atom is 0.175 e. The number of benzene rings is 1. The van der Waals surface area contributed by atoms with Crippen LogP contribution in [0.2, 0.25) is 0 Å². The molecule has 5 heteroatoms. The van der Waals surface area contributed by atoms with Gasteiger partial charge in [-0.25, -0.2) is 8.42 Å². The Bertz CT molecular complexity index is 440. The molecule has 0 bridgehead atoms. The highest BCUT2D eigenvalue weighted by Gasteiger charge is 2.06. The number of sulfone groups is 1. The minimum atomic E-state index is -3.10. The summed E-state index contributed by atoms with van der Waals surface area (Å²) >= 11 is 0. The average Bonchev–Trinajstić information content (AvgIpc) is 2.26. The van der Waals surface area contributed by atoms with Gasteiger partial charge in [-0.1, -0.05) is 6.92 Å². The van der Waals surface area contributed by atoms with Crippen molar-refractivity contribution < 1.29 is 8.42 Å². The quantitative estimate of drug-likeness (QED) is 0.807. The van der Waals surface area contributed by atoms with Gasteiger partial charge in [-0.2, -0.15) is 0 Å². The molecular formula is C12H20N2O2S. The number of rotatable bonds is 6. The van der Waals surface area contributed by atoms with Crippen LogP contribution in [0.1, 0.15) is 6.92 Å².